The van der Waals surface area contributed by atoms with Gasteiger partial charge in [0.25, 0.3) is 0 Å². The molecule has 0 fully saturated rings. The van der Waals surface area contributed by atoms with Crippen LogP contribution in [0.5, 0.6) is 0 Å². The van der Waals surface area contributed by atoms with Crippen molar-refractivity contribution in [3.8, 4) is 0 Å². The molecule has 0 saturated carbocycles. The summed E-state index contributed by atoms with van der Waals surface area (Å²) < 4.78 is 0. The Balaban J connectivity index is -0.0000000800. The van der Waals surface area contributed by atoms with Crippen LogP contribution in [0.3, 0.4) is 0 Å². The second kappa shape index (κ2) is 15.6. The molecule has 4 heteroatoms. The third-order valence-corrected chi connectivity index (χ3v) is 0.144. The molecule has 7 heavy (non-hydrogen) atoms. The molecule has 2 nitrogen and oxygen atoms in total. The van der Waals surface area contributed by atoms with Crippen molar-refractivity contribution < 1.29 is 75.0 Å². The molecule has 0 heterocycles. The Hall–Kier alpha value is 1.55. The molecular weight excluding hydrogens is 246 g/mol. The van der Waals surface area contributed by atoms with E-state index in [2.05, 4.69) is 0 Å². The summed E-state index contributed by atoms with van der Waals surface area (Å²) in [4.78, 5) is 18.0. The van der Waals surface area contributed by atoms with Crippen LogP contribution in [0.4, 0.5) is 0 Å². The van der Waals surface area contributed by atoms with Crippen molar-refractivity contribution in [2.24, 2.45) is 0 Å². The van der Waals surface area contributed by atoms with Gasteiger partial charge in [-0.2, -0.15) is 0 Å². The molecule has 0 aliphatic heterocycles. The van der Waals surface area contributed by atoms with E-state index in [-0.39, 0.29) is 71.8 Å². The van der Waals surface area contributed by atoms with E-state index in [1.54, 1.807) is 0 Å². The van der Waals surface area contributed by atoms with Gasteiger partial charge in [-0.15, -0.1) is 0 Å². The van der Waals surface area contributed by atoms with E-state index in [1.165, 1.54) is 12.6 Å². The molecule has 0 N–H and O–H groups in total. The number of hydrogen-bond donors (Lipinski definition) is 0. The quantitative estimate of drug-likeness (QED) is 0.491. The van der Waals surface area contributed by atoms with Gasteiger partial charge in [-0.3, -0.25) is 19.0 Å². The molecule has 0 aliphatic rings. The Morgan fingerprint density at radius 2 is 1.29 bits per heavy atom. The van der Waals surface area contributed by atoms with Gasteiger partial charge in [0.15, 0.2) is 0 Å². The SMILES string of the molecule is O=[C-]C[C-]=O.[Y].[Y]. The van der Waals surface area contributed by atoms with E-state index in [0.29, 0.717) is 0 Å². The predicted molar refractivity (Wildman–Crippen MR) is 16.0 cm³/mol. The molecule has 0 aromatic carbocycles. The summed E-state index contributed by atoms with van der Waals surface area (Å²) in [5.41, 5.74) is 0. The third kappa shape index (κ3) is 18.5. The van der Waals surface area contributed by atoms with Gasteiger partial charge in [0.05, 0.1) is 0 Å². The zero-order chi connectivity index (χ0) is 4.12. The first-order valence-corrected chi connectivity index (χ1v) is 1.12. The van der Waals surface area contributed by atoms with E-state index >= 15 is 0 Å². The van der Waals surface area contributed by atoms with Crippen LogP contribution in [0, 0.1) is 0 Å². The molecule has 0 bridgehead atoms. The summed E-state index contributed by atoms with van der Waals surface area (Å²) >= 11 is 0. The summed E-state index contributed by atoms with van der Waals surface area (Å²) in [6, 6.07) is 0. The molecular formula is C3H2O2Y2-2. The number of carbonyl (C=O) groups excluding carboxylic acids is 2. The van der Waals surface area contributed by atoms with Gasteiger partial charge in [-0.05, 0) is 0 Å². The molecule has 0 saturated heterocycles. The molecule has 0 aromatic rings. The zero-order valence-electron chi connectivity index (χ0n) is 3.68. The molecule has 0 rings (SSSR count). The van der Waals surface area contributed by atoms with Gasteiger partial charge in [0, 0.05) is 65.4 Å². The summed E-state index contributed by atoms with van der Waals surface area (Å²) in [7, 11) is 0. The Morgan fingerprint density at radius 3 is 1.29 bits per heavy atom. The van der Waals surface area contributed by atoms with Gasteiger partial charge in [-0.25, -0.2) is 0 Å². The molecule has 0 atom stereocenters. The van der Waals surface area contributed by atoms with Crippen LogP contribution in [-0.2, 0) is 75.0 Å². The van der Waals surface area contributed by atoms with E-state index in [4.69, 9.17) is 9.59 Å². The summed E-state index contributed by atoms with van der Waals surface area (Å²) in [5, 5.41) is 0. The second-order valence-corrected chi connectivity index (χ2v) is 0.465. The first-order valence-electron chi connectivity index (χ1n) is 1.12. The van der Waals surface area contributed by atoms with Gasteiger partial charge in [-0.1, -0.05) is 0 Å². The van der Waals surface area contributed by atoms with Crippen molar-refractivity contribution in [3.63, 3.8) is 0 Å². The zero-order valence-corrected chi connectivity index (χ0v) is 9.35. The van der Waals surface area contributed by atoms with Crippen LogP contribution < -0.4 is 0 Å². The smallest absolute Gasteiger partial charge is 0 e. The number of hydrogen-bond acceptors (Lipinski definition) is 2. The van der Waals surface area contributed by atoms with Crippen LogP contribution >= 0.6 is 0 Å². The fourth-order valence-electron chi connectivity index (χ4n) is 0.0295. The fourth-order valence-corrected chi connectivity index (χ4v) is 0.0295. The molecule has 0 spiro atoms. The van der Waals surface area contributed by atoms with Crippen molar-refractivity contribution in [1.82, 2.24) is 0 Å². The molecule has 0 amide bonds. The molecule has 0 unspecified atom stereocenters. The monoisotopic (exact) mass is 248 g/mol. The first kappa shape index (κ1) is 15.8. The maximum absolute atomic E-state index is 9.02. The topological polar surface area (TPSA) is 34.1 Å². The summed E-state index contributed by atoms with van der Waals surface area (Å²) in [6.07, 6.45) is 2.47. The maximum Gasteiger partial charge on any atom is 0 e. The summed E-state index contributed by atoms with van der Waals surface area (Å²) in [6.45, 7) is 0. The third-order valence-electron chi connectivity index (χ3n) is 0.144. The fraction of sp³-hybridized carbons (Fsp3) is 0.333. The minimum atomic E-state index is -0.222. The van der Waals surface area contributed by atoms with Crippen molar-refractivity contribution in [2.75, 3.05) is 0 Å². The normalized spacial score (nSPS) is 4.57. The van der Waals surface area contributed by atoms with Crippen LogP contribution in [-0.4, -0.2) is 12.6 Å². The molecule has 0 aromatic heterocycles. The van der Waals surface area contributed by atoms with Crippen LogP contribution in [0.15, 0.2) is 0 Å². The molecule has 2 radical (unpaired) electrons. The minimum absolute atomic E-state index is 0. The largest absolute Gasteiger partial charge is 0.544 e. The van der Waals surface area contributed by atoms with Crippen molar-refractivity contribution in [2.45, 2.75) is 6.42 Å². The summed E-state index contributed by atoms with van der Waals surface area (Å²) in [5.74, 6) is 0. The molecule has 34 valence electrons. The van der Waals surface area contributed by atoms with E-state index in [0.717, 1.165) is 0 Å². The Bertz CT molecular complexity index is 40.2. The van der Waals surface area contributed by atoms with Crippen LogP contribution in [0.2, 0.25) is 0 Å². The first-order chi connectivity index (χ1) is 2.41. The van der Waals surface area contributed by atoms with E-state index < -0.39 is 0 Å². The Morgan fingerprint density at radius 1 is 1.00 bits per heavy atom. The minimum Gasteiger partial charge on any atom is -0.544 e. The Kier molecular flexibility index (Phi) is 35.4. The second-order valence-electron chi connectivity index (χ2n) is 0.465. The van der Waals surface area contributed by atoms with E-state index in [1.807, 2.05) is 0 Å². The predicted octanol–water partition coefficient (Wildman–Crippen LogP) is -0.409. The molecule has 0 aliphatic carbocycles. The van der Waals surface area contributed by atoms with Crippen molar-refractivity contribution in [3.05, 3.63) is 0 Å². The van der Waals surface area contributed by atoms with Gasteiger partial charge >= 0.3 is 0 Å². The van der Waals surface area contributed by atoms with Gasteiger partial charge in [0.1, 0.15) is 0 Å². The van der Waals surface area contributed by atoms with Gasteiger partial charge in [0.2, 0.25) is 0 Å². The van der Waals surface area contributed by atoms with E-state index in [9.17, 15) is 0 Å². The van der Waals surface area contributed by atoms with Crippen LogP contribution in [0.25, 0.3) is 0 Å². The average Bonchev–Trinajstić information content (AvgIpc) is 1.41. The van der Waals surface area contributed by atoms with Crippen molar-refractivity contribution in [1.29, 1.82) is 0 Å². The average molecular weight is 248 g/mol. The maximum atomic E-state index is 9.02. The Labute approximate surface area is 92.6 Å². The van der Waals surface area contributed by atoms with Crippen molar-refractivity contribution >= 4 is 12.6 Å². The van der Waals surface area contributed by atoms with Gasteiger partial charge < -0.3 is 9.59 Å². The standard InChI is InChI=1S/C3H2O2.2Y/c4-2-1-3-5;;/h1H2;;/q-2;;. The van der Waals surface area contributed by atoms with Crippen LogP contribution in [0.1, 0.15) is 6.42 Å². The number of rotatable bonds is 2.